The zero-order valence-corrected chi connectivity index (χ0v) is 14.9. The van der Waals surface area contributed by atoms with E-state index in [1.54, 1.807) is 17.3 Å². The first kappa shape index (κ1) is 18.0. The molecular weight excluding hydrogens is 350 g/mol. The van der Waals surface area contributed by atoms with Crippen molar-refractivity contribution < 1.29 is 19.7 Å². The number of H-pyrrole nitrogens is 1. The number of hydrogen-bond donors (Lipinski definition) is 3. The Morgan fingerprint density at radius 1 is 1.26 bits per heavy atom. The Labute approximate surface area is 156 Å². The van der Waals surface area contributed by atoms with Crippen LogP contribution in [0.4, 0.5) is 0 Å². The number of amides is 1. The smallest absolute Gasteiger partial charge is 0.230 e. The summed E-state index contributed by atoms with van der Waals surface area (Å²) in [6.07, 6.45) is 3.63. The number of aromatic amines is 1. The van der Waals surface area contributed by atoms with Crippen molar-refractivity contribution in [3.8, 4) is 11.4 Å². The summed E-state index contributed by atoms with van der Waals surface area (Å²) in [6, 6.07) is 3.63. The fourth-order valence-corrected chi connectivity index (χ4v) is 3.72. The number of hydrogen-bond acceptors (Lipinski definition) is 7. The third-order valence-corrected chi connectivity index (χ3v) is 5.40. The second kappa shape index (κ2) is 7.34. The summed E-state index contributed by atoms with van der Waals surface area (Å²) in [5, 5.41) is 26.5. The molecular formula is C18H23N5O4. The van der Waals surface area contributed by atoms with E-state index in [2.05, 4.69) is 20.2 Å². The molecule has 9 heteroatoms. The molecule has 0 unspecified atom stereocenters. The van der Waals surface area contributed by atoms with Crippen molar-refractivity contribution in [2.24, 2.45) is 0 Å². The highest BCUT2D eigenvalue weighted by Crippen LogP contribution is 2.35. The Morgan fingerprint density at radius 2 is 2.00 bits per heavy atom. The number of likely N-dealkylation sites (tertiary alicyclic amines) is 1. The highest BCUT2D eigenvalue weighted by atomic mass is 16.5. The molecule has 0 radical (unpaired) electrons. The van der Waals surface area contributed by atoms with Crippen molar-refractivity contribution in [2.75, 3.05) is 19.7 Å². The highest BCUT2D eigenvalue weighted by Gasteiger charge is 2.43. The number of nitrogens with one attached hydrogen (secondary N) is 1. The van der Waals surface area contributed by atoms with E-state index in [-0.39, 0.29) is 18.9 Å². The first-order chi connectivity index (χ1) is 13.0. The van der Waals surface area contributed by atoms with Crippen molar-refractivity contribution >= 4 is 5.91 Å². The van der Waals surface area contributed by atoms with Crippen LogP contribution in [0.2, 0.25) is 0 Å². The lowest BCUT2D eigenvalue weighted by Crippen LogP contribution is -2.55. The molecule has 2 aromatic heterocycles. The van der Waals surface area contributed by atoms with Gasteiger partial charge in [0.1, 0.15) is 11.9 Å². The molecule has 2 saturated heterocycles. The van der Waals surface area contributed by atoms with Crippen LogP contribution in [0.1, 0.15) is 25.1 Å². The van der Waals surface area contributed by atoms with E-state index in [0.717, 1.165) is 5.56 Å². The fourth-order valence-electron chi connectivity index (χ4n) is 3.72. The number of aromatic nitrogens is 4. The number of carbonyl (C=O) groups excluding carboxylic acids is 1. The van der Waals surface area contributed by atoms with Crippen LogP contribution in [-0.4, -0.2) is 78.7 Å². The maximum Gasteiger partial charge on any atom is 0.230 e. The molecule has 1 spiro atoms. The zero-order chi connectivity index (χ0) is 18.9. The summed E-state index contributed by atoms with van der Waals surface area (Å²) < 4.78 is 5.81. The van der Waals surface area contributed by atoms with Gasteiger partial charge in [0.15, 0.2) is 5.82 Å². The molecule has 0 aliphatic carbocycles. The quantitative estimate of drug-likeness (QED) is 0.687. The van der Waals surface area contributed by atoms with E-state index in [0.29, 0.717) is 44.0 Å². The van der Waals surface area contributed by atoms with Crippen LogP contribution in [0.25, 0.3) is 11.4 Å². The van der Waals surface area contributed by atoms with Crippen molar-refractivity contribution in [3.63, 3.8) is 0 Å². The Hall–Kier alpha value is -2.36. The molecule has 2 fully saturated rings. The molecule has 2 aliphatic rings. The van der Waals surface area contributed by atoms with E-state index in [1.807, 2.05) is 12.1 Å². The van der Waals surface area contributed by atoms with Gasteiger partial charge in [0.2, 0.25) is 5.91 Å². The molecule has 1 amide bonds. The minimum atomic E-state index is -0.823. The summed E-state index contributed by atoms with van der Waals surface area (Å²) >= 11 is 0. The molecule has 27 heavy (non-hydrogen) atoms. The second-order valence-corrected chi connectivity index (χ2v) is 7.23. The average molecular weight is 373 g/mol. The summed E-state index contributed by atoms with van der Waals surface area (Å²) in [5.41, 5.74) is 0.408. The Bertz CT molecular complexity index is 788. The number of nitrogens with zero attached hydrogens (tertiary/aromatic N) is 4. The lowest BCUT2D eigenvalue weighted by molar-refractivity contribution is -0.188. The molecule has 0 bridgehead atoms. The van der Waals surface area contributed by atoms with Crippen molar-refractivity contribution in [2.45, 2.75) is 43.5 Å². The minimum absolute atomic E-state index is 0.0151. The van der Waals surface area contributed by atoms with Crippen LogP contribution >= 0.6 is 0 Å². The van der Waals surface area contributed by atoms with Gasteiger partial charge < -0.3 is 19.8 Å². The van der Waals surface area contributed by atoms with Crippen LogP contribution in [0.15, 0.2) is 24.5 Å². The van der Waals surface area contributed by atoms with Gasteiger partial charge in [-0.25, -0.2) is 4.98 Å². The highest BCUT2D eigenvalue weighted by molar-refractivity contribution is 5.78. The predicted octanol–water partition coefficient (Wildman–Crippen LogP) is -0.0875. The van der Waals surface area contributed by atoms with Gasteiger partial charge in [-0.05, 0) is 25.0 Å². The first-order valence-electron chi connectivity index (χ1n) is 9.14. The minimum Gasteiger partial charge on any atom is -0.390 e. The van der Waals surface area contributed by atoms with Gasteiger partial charge in [-0.15, -0.1) is 0 Å². The van der Waals surface area contributed by atoms with Gasteiger partial charge in [0.05, 0.1) is 24.7 Å². The number of rotatable bonds is 3. The largest absolute Gasteiger partial charge is 0.390 e. The molecule has 0 saturated carbocycles. The summed E-state index contributed by atoms with van der Waals surface area (Å²) in [4.78, 5) is 22.7. The van der Waals surface area contributed by atoms with Gasteiger partial charge in [-0.1, -0.05) is 0 Å². The Kier molecular flexibility index (Phi) is 4.90. The van der Waals surface area contributed by atoms with Crippen LogP contribution < -0.4 is 0 Å². The molecule has 2 aliphatic heterocycles. The second-order valence-electron chi connectivity index (χ2n) is 7.23. The maximum absolute atomic E-state index is 12.6. The maximum atomic E-state index is 12.6. The molecule has 9 nitrogen and oxygen atoms in total. The SMILES string of the molecule is O=C(Cc1nc(-c2ccncc2)n[nH]1)N1CCC2(CC1)C[C@@H](O)[C@@H](O)CO2. The number of aliphatic hydroxyl groups excluding tert-OH is 2. The van der Waals surface area contributed by atoms with Crippen LogP contribution in [0.5, 0.6) is 0 Å². The number of carbonyl (C=O) groups is 1. The summed E-state index contributed by atoms with van der Waals surface area (Å²) in [6.45, 7) is 1.27. The predicted molar refractivity (Wildman–Crippen MR) is 94.4 cm³/mol. The first-order valence-corrected chi connectivity index (χ1v) is 9.14. The van der Waals surface area contributed by atoms with Gasteiger partial charge >= 0.3 is 0 Å². The normalized spacial score (nSPS) is 24.9. The third kappa shape index (κ3) is 3.85. The number of piperidine rings is 1. The molecule has 4 rings (SSSR count). The van der Waals surface area contributed by atoms with E-state index < -0.39 is 17.8 Å². The number of pyridine rings is 1. The van der Waals surface area contributed by atoms with E-state index >= 15 is 0 Å². The van der Waals surface area contributed by atoms with Crippen molar-refractivity contribution in [1.29, 1.82) is 0 Å². The molecule has 2 aromatic rings. The molecule has 4 heterocycles. The van der Waals surface area contributed by atoms with Crippen molar-refractivity contribution in [3.05, 3.63) is 30.4 Å². The molecule has 2 atom stereocenters. The van der Waals surface area contributed by atoms with Crippen LogP contribution in [-0.2, 0) is 16.0 Å². The number of aliphatic hydroxyl groups is 2. The molecule has 0 aromatic carbocycles. The van der Waals surface area contributed by atoms with E-state index in [1.165, 1.54) is 0 Å². The monoisotopic (exact) mass is 373 g/mol. The van der Waals surface area contributed by atoms with Crippen LogP contribution in [0.3, 0.4) is 0 Å². The summed E-state index contributed by atoms with van der Waals surface area (Å²) in [5.74, 6) is 1.05. The zero-order valence-electron chi connectivity index (χ0n) is 14.9. The Balaban J connectivity index is 1.33. The van der Waals surface area contributed by atoms with Gasteiger partial charge in [-0.2, -0.15) is 5.10 Å². The summed E-state index contributed by atoms with van der Waals surface area (Å²) in [7, 11) is 0. The molecule has 144 valence electrons. The lowest BCUT2D eigenvalue weighted by Gasteiger charge is -2.46. The van der Waals surface area contributed by atoms with Crippen molar-refractivity contribution in [1.82, 2.24) is 25.1 Å². The molecule has 3 N–H and O–H groups in total. The topological polar surface area (TPSA) is 124 Å². The number of ether oxygens (including phenoxy) is 1. The standard InChI is InChI=1S/C18H23N5O4/c24-13-10-18(27-11-14(13)25)3-7-23(8-4-18)16(26)9-15-20-17(22-21-15)12-1-5-19-6-2-12/h1-2,5-6,13-14,24-25H,3-4,7-11H2,(H,20,21,22)/t13-,14+/m1/s1. The Morgan fingerprint density at radius 3 is 2.70 bits per heavy atom. The lowest BCUT2D eigenvalue weighted by atomic mass is 9.82. The van der Waals surface area contributed by atoms with Crippen LogP contribution in [0, 0.1) is 0 Å². The van der Waals surface area contributed by atoms with Gasteiger partial charge in [0, 0.05) is 37.5 Å². The fraction of sp³-hybridized carbons (Fsp3) is 0.556. The average Bonchev–Trinajstić information content (AvgIpc) is 3.15. The van der Waals surface area contributed by atoms with E-state index in [9.17, 15) is 15.0 Å². The third-order valence-electron chi connectivity index (χ3n) is 5.40. The van der Waals surface area contributed by atoms with E-state index in [4.69, 9.17) is 4.74 Å². The van der Waals surface area contributed by atoms with Gasteiger partial charge in [0.25, 0.3) is 0 Å². The van der Waals surface area contributed by atoms with Gasteiger partial charge in [-0.3, -0.25) is 14.9 Å².